The molecule has 2 aliphatic carbocycles. The maximum absolute atomic E-state index is 13.9. The van der Waals surface area contributed by atoms with Crippen molar-refractivity contribution in [2.45, 2.75) is 39.8 Å². The molecule has 4 atom stereocenters. The molecule has 31 heavy (non-hydrogen) atoms. The van der Waals surface area contributed by atoms with Crippen LogP contribution in [0.3, 0.4) is 0 Å². The molecule has 2 aromatic carbocycles. The van der Waals surface area contributed by atoms with E-state index in [0.29, 0.717) is 16.1 Å². The Balaban J connectivity index is 1.71. The summed E-state index contributed by atoms with van der Waals surface area (Å²) in [4.78, 5) is 16.4. The minimum absolute atomic E-state index is 0.0484. The van der Waals surface area contributed by atoms with Gasteiger partial charge in [-0.25, -0.2) is 0 Å². The molecule has 2 aromatic rings. The number of benzene rings is 2. The van der Waals surface area contributed by atoms with Crippen LogP contribution in [0.4, 0.5) is 0 Å². The molecule has 4 aliphatic rings. The van der Waals surface area contributed by atoms with Crippen molar-refractivity contribution in [1.82, 2.24) is 0 Å². The van der Waals surface area contributed by atoms with Crippen molar-refractivity contribution in [2.75, 3.05) is 23.6 Å². The molecule has 0 aromatic heterocycles. The van der Waals surface area contributed by atoms with Crippen molar-refractivity contribution < 1.29 is 19.0 Å². The number of carbonyl (C=O) groups excluding carboxylic acids is 1. The molecule has 162 valence electrons. The molecular weight excluding hydrogens is 503 g/mol. The second kappa shape index (κ2) is 6.58. The first-order chi connectivity index (χ1) is 15.0. The molecule has 0 radical (unpaired) electrons. The van der Waals surface area contributed by atoms with Crippen molar-refractivity contribution in [3.05, 3.63) is 71.3 Å². The van der Waals surface area contributed by atoms with Crippen LogP contribution in [-0.4, -0.2) is 44.5 Å². The van der Waals surface area contributed by atoms with Crippen LogP contribution in [0.2, 0.25) is 0 Å². The number of hydrogen-bond acceptors (Lipinski definition) is 4. The van der Waals surface area contributed by atoms with Crippen LogP contribution < -0.4 is 9.47 Å². The molecule has 0 N–H and O–H groups in total. The molecule has 2 heterocycles. The van der Waals surface area contributed by atoms with Crippen LogP contribution in [0, 0.1) is 0 Å². The normalized spacial score (nSPS) is 35.5. The number of ether oxygens (including phenoxy) is 3. The van der Waals surface area contributed by atoms with Crippen molar-refractivity contribution in [2.24, 2.45) is 0 Å². The van der Waals surface area contributed by atoms with Gasteiger partial charge in [-0.05, 0) is 0 Å². The average molecular weight is 530 g/mol. The van der Waals surface area contributed by atoms with E-state index < -0.39 is 36.4 Å². The first-order valence-electron chi connectivity index (χ1n) is 10.8. The SMILES string of the molecule is COc1ccc2c3c1O[C@@]1(Cc4ccccc4)C(=O)C=C[C@@]4(OC)C(C2)I(C)CC[C@]314. The van der Waals surface area contributed by atoms with Gasteiger partial charge in [-0.3, -0.25) is 0 Å². The number of alkyl halides is 3. The number of hydrogen-bond donors (Lipinski definition) is 0. The third kappa shape index (κ3) is 2.17. The summed E-state index contributed by atoms with van der Waals surface area (Å²) >= 11 is -1.27. The Hall–Kier alpha value is -1.86. The molecule has 0 amide bonds. The summed E-state index contributed by atoms with van der Waals surface area (Å²) in [6.07, 6.45) is 6.32. The van der Waals surface area contributed by atoms with Crippen LogP contribution in [0.5, 0.6) is 11.5 Å². The standard InChI is InChI=1S/C26H27IO4/c1-27-14-13-24-22-18-9-10-19(29-2)23(22)31-26(24,16-17-7-5-4-6-8-17)21(28)11-12-25(24,30-3)20(27)15-18/h4-12,20H,13-16H2,1-3H3/t20?,24-,25-,26+/m1/s1. The fourth-order valence-electron chi connectivity index (χ4n) is 6.81. The second-order valence-corrected chi connectivity index (χ2v) is 15.3. The summed E-state index contributed by atoms with van der Waals surface area (Å²) in [7, 11) is 3.51. The number of rotatable bonds is 4. The molecule has 6 rings (SSSR count). The van der Waals surface area contributed by atoms with Gasteiger partial charge in [0.1, 0.15) is 0 Å². The summed E-state index contributed by atoms with van der Waals surface area (Å²) < 4.78 is 20.8. The van der Waals surface area contributed by atoms with Crippen molar-refractivity contribution in [3.63, 3.8) is 0 Å². The van der Waals surface area contributed by atoms with Gasteiger partial charge in [0.2, 0.25) is 0 Å². The molecule has 1 spiro atoms. The van der Waals surface area contributed by atoms with Crippen LogP contribution in [-0.2, 0) is 27.8 Å². The Morgan fingerprint density at radius 1 is 1.16 bits per heavy atom. The zero-order valence-electron chi connectivity index (χ0n) is 18.1. The Kier molecular flexibility index (Phi) is 4.20. The number of methoxy groups -OCH3 is 2. The van der Waals surface area contributed by atoms with E-state index in [4.69, 9.17) is 14.2 Å². The van der Waals surface area contributed by atoms with Gasteiger partial charge in [0.25, 0.3) is 0 Å². The van der Waals surface area contributed by atoms with Gasteiger partial charge < -0.3 is 0 Å². The fourth-order valence-corrected chi connectivity index (χ4v) is 13.0. The van der Waals surface area contributed by atoms with E-state index in [1.807, 2.05) is 31.4 Å². The van der Waals surface area contributed by atoms with Gasteiger partial charge in [0.15, 0.2) is 0 Å². The number of carbonyl (C=O) groups is 1. The molecule has 5 heteroatoms. The molecule has 0 saturated carbocycles. The van der Waals surface area contributed by atoms with E-state index in [1.165, 1.54) is 15.6 Å². The van der Waals surface area contributed by atoms with E-state index in [-0.39, 0.29) is 5.78 Å². The Labute approximate surface area is 190 Å². The van der Waals surface area contributed by atoms with Crippen molar-refractivity contribution >= 4 is 25.6 Å². The van der Waals surface area contributed by atoms with Gasteiger partial charge >= 0.3 is 191 Å². The quantitative estimate of drug-likeness (QED) is 0.437. The van der Waals surface area contributed by atoms with Crippen LogP contribution in [0.15, 0.2) is 54.6 Å². The third-order valence-electron chi connectivity index (χ3n) is 8.08. The number of ketones is 1. The van der Waals surface area contributed by atoms with Crippen LogP contribution in [0.25, 0.3) is 0 Å². The van der Waals surface area contributed by atoms with Crippen molar-refractivity contribution in [1.29, 1.82) is 0 Å². The van der Waals surface area contributed by atoms with E-state index in [2.05, 4.69) is 29.2 Å². The number of halogens is 1. The van der Waals surface area contributed by atoms with Gasteiger partial charge in [-0.1, -0.05) is 0 Å². The first kappa shape index (κ1) is 19.8. The van der Waals surface area contributed by atoms with Crippen molar-refractivity contribution in [3.8, 4) is 11.5 Å². The van der Waals surface area contributed by atoms with E-state index in [1.54, 1.807) is 13.2 Å². The molecule has 2 aliphatic heterocycles. The summed E-state index contributed by atoms with van der Waals surface area (Å²) in [5.74, 6) is 1.52. The third-order valence-corrected chi connectivity index (χ3v) is 14.3. The zero-order valence-corrected chi connectivity index (χ0v) is 20.3. The van der Waals surface area contributed by atoms with Crippen LogP contribution in [0.1, 0.15) is 23.1 Å². The van der Waals surface area contributed by atoms with E-state index in [0.717, 1.165) is 24.2 Å². The minimum atomic E-state index is -1.27. The Bertz CT molecular complexity index is 1110. The zero-order chi connectivity index (χ0) is 21.4. The molecule has 1 fully saturated rings. The van der Waals surface area contributed by atoms with Gasteiger partial charge in [0.05, 0.1) is 0 Å². The van der Waals surface area contributed by atoms with E-state index >= 15 is 0 Å². The Morgan fingerprint density at radius 3 is 2.71 bits per heavy atom. The topological polar surface area (TPSA) is 44.8 Å². The van der Waals surface area contributed by atoms with Crippen LogP contribution >= 0.6 is 19.8 Å². The predicted molar refractivity (Wildman–Crippen MR) is 129 cm³/mol. The summed E-state index contributed by atoms with van der Waals surface area (Å²) in [6, 6.07) is 14.5. The maximum atomic E-state index is 13.9. The summed E-state index contributed by atoms with van der Waals surface area (Å²) in [5, 5.41) is 0. The molecule has 2 bridgehead atoms. The summed E-state index contributed by atoms with van der Waals surface area (Å²) in [6.45, 7) is 0. The molecular formula is C26H27IO4. The monoisotopic (exact) mass is 530 g/mol. The van der Waals surface area contributed by atoms with Gasteiger partial charge in [-0.2, -0.15) is 0 Å². The van der Waals surface area contributed by atoms with Gasteiger partial charge in [-0.15, -0.1) is 0 Å². The first-order valence-corrected chi connectivity index (χ1v) is 15.7. The second-order valence-electron chi connectivity index (χ2n) is 9.07. The Morgan fingerprint density at radius 2 is 1.97 bits per heavy atom. The molecule has 1 unspecified atom stereocenters. The molecule has 4 nitrogen and oxygen atoms in total. The van der Waals surface area contributed by atoms with Gasteiger partial charge in [0, 0.05) is 0 Å². The predicted octanol–water partition coefficient (Wildman–Crippen LogP) is 4.30. The average Bonchev–Trinajstić information content (AvgIpc) is 3.09. The summed E-state index contributed by atoms with van der Waals surface area (Å²) in [5.41, 5.74) is 1.55. The van der Waals surface area contributed by atoms with E-state index in [9.17, 15) is 4.79 Å². The fraction of sp³-hybridized carbons (Fsp3) is 0.423. The molecule has 1 saturated heterocycles.